The molecule has 1 aliphatic heterocycles. The highest BCUT2D eigenvalue weighted by Crippen LogP contribution is 2.22. The Morgan fingerprint density at radius 2 is 2.00 bits per heavy atom. The van der Waals surface area contributed by atoms with Crippen LogP contribution in [0.5, 0.6) is 0 Å². The first-order chi connectivity index (χ1) is 8.94. The van der Waals surface area contributed by atoms with Crippen LogP contribution in [0.1, 0.15) is 32.8 Å². The number of hydrogen-bond donors (Lipinski definition) is 0. The van der Waals surface area contributed by atoms with Gasteiger partial charge in [0.25, 0.3) is 0 Å². The second-order valence-corrected chi connectivity index (χ2v) is 6.27. The van der Waals surface area contributed by atoms with E-state index in [0.717, 1.165) is 25.9 Å². The van der Waals surface area contributed by atoms with Crippen molar-refractivity contribution in [3.63, 3.8) is 0 Å². The first kappa shape index (κ1) is 13.9. The van der Waals surface area contributed by atoms with Gasteiger partial charge in [-0.3, -0.25) is 0 Å². The van der Waals surface area contributed by atoms with Crippen molar-refractivity contribution in [1.82, 2.24) is 4.90 Å². The molecule has 0 N–H and O–H groups in total. The maximum atomic E-state index is 12.0. The molecule has 19 heavy (non-hydrogen) atoms. The number of ether oxygens (including phenoxy) is 1. The molecule has 0 bridgehead atoms. The van der Waals surface area contributed by atoms with Crippen LogP contribution in [0.15, 0.2) is 30.3 Å². The van der Waals surface area contributed by atoms with Gasteiger partial charge in [0.2, 0.25) is 0 Å². The topological polar surface area (TPSA) is 29.5 Å². The molecule has 104 valence electrons. The Labute approximate surface area is 115 Å². The van der Waals surface area contributed by atoms with E-state index in [0.29, 0.717) is 5.92 Å². The molecular weight excluding hydrogens is 238 g/mol. The molecule has 1 aromatic carbocycles. The number of carbonyl (C=O) groups excluding carboxylic acids is 1. The van der Waals surface area contributed by atoms with E-state index in [1.54, 1.807) is 0 Å². The molecule has 1 saturated heterocycles. The number of hydrogen-bond acceptors (Lipinski definition) is 2. The van der Waals surface area contributed by atoms with Crippen molar-refractivity contribution in [2.75, 3.05) is 13.1 Å². The predicted molar refractivity (Wildman–Crippen MR) is 76.1 cm³/mol. The van der Waals surface area contributed by atoms with Crippen LogP contribution < -0.4 is 0 Å². The zero-order chi connectivity index (χ0) is 13.9. The van der Waals surface area contributed by atoms with E-state index in [-0.39, 0.29) is 6.09 Å². The lowest BCUT2D eigenvalue weighted by Gasteiger charge is -2.24. The summed E-state index contributed by atoms with van der Waals surface area (Å²) >= 11 is 0. The SMILES string of the molecule is CC(C)(C)OC(=O)N1CCC(Cc2ccccc2)C1. The molecule has 0 aromatic heterocycles. The molecule has 3 heteroatoms. The Kier molecular flexibility index (Phi) is 4.13. The molecule has 0 spiro atoms. The molecule has 2 rings (SSSR count). The summed E-state index contributed by atoms with van der Waals surface area (Å²) in [5, 5.41) is 0. The van der Waals surface area contributed by atoms with Gasteiger partial charge < -0.3 is 9.64 Å². The van der Waals surface area contributed by atoms with Gasteiger partial charge in [-0.1, -0.05) is 30.3 Å². The van der Waals surface area contributed by atoms with E-state index in [9.17, 15) is 4.79 Å². The molecule has 1 heterocycles. The second kappa shape index (κ2) is 5.64. The van der Waals surface area contributed by atoms with Gasteiger partial charge in [0.05, 0.1) is 0 Å². The molecule has 1 aliphatic rings. The summed E-state index contributed by atoms with van der Waals surface area (Å²) in [6.45, 7) is 7.34. The maximum Gasteiger partial charge on any atom is 0.410 e. The summed E-state index contributed by atoms with van der Waals surface area (Å²) in [6.07, 6.45) is 1.93. The quantitative estimate of drug-likeness (QED) is 0.815. The van der Waals surface area contributed by atoms with Crippen LogP contribution in [0.4, 0.5) is 4.79 Å². The number of amides is 1. The van der Waals surface area contributed by atoms with Crippen LogP contribution in [-0.4, -0.2) is 29.7 Å². The molecule has 0 radical (unpaired) electrons. The Morgan fingerprint density at radius 3 is 2.63 bits per heavy atom. The molecule has 1 aromatic rings. The minimum atomic E-state index is -0.408. The van der Waals surface area contributed by atoms with Crippen molar-refractivity contribution in [2.45, 2.75) is 39.2 Å². The van der Waals surface area contributed by atoms with Crippen molar-refractivity contribution >= 4 is 6.09 Å². The summed E-state index contributed by atoms with van der Waals surface area (Å²) in [5.41, 5.74) is 0.938. The highest BCUT2D eigenvalue weighted by molar-refractivity contribution is 5.68. The lowest BCUT2D eigenvalue weighted by Crippen LogP contribution is -2.35. The van der Waals surface area contributed by atoms with Crippen LogP contribution in [0, 0.1) is 5.92 Å². The molecule has 1 fully saturated rings. The second-order valence-electron chi connectivity index (χ2n) is 6.27. The fourth-order valence-corrected chi connectivity index (χ4v) is 2.44. The van der Waals surface area contributed by atoms with Gasteiger partial charge in [-0.2, -0.15) is 0 Å². The predicted octanol–water partition coefficient (Wildman–Crippen LogP) is 3.49. The maximum absolute atomic E-state index is 12.0. The van der Waals surface area contributed by atoms with Crippen molar-refractivity contribution in [3.05, 3.63) is 35.9 Å². The van der Waals surface area contributed by atoms with Gasteiger partial charge >= 0.3 is 6.09 Å². The van der Waals surface area contributed by atoms with Crippen LogP contribution in [0.25, 0.3) is 0 Å². The molecular formula is C16H23NO2. The van der Waals surface area contributed by atoms with Crippen LogP contribution in [0.3, 0.4) is 0 Å². The smallest absolute Gasteiger partial charge is 0.410 e. The van der Waals surface area contributed by atoms with E-state index in [1.807, 2.05) is 31.7 Å². The average Bonchev–Trinajstić information content (AvgIpc) is 2.77. The highest BCUT2D eigenvalue weighted by atomic mass is 16.6. The zero-order valence-electron chi connectivity index (χ0n) is 12.1. The summed E-state index contributed by atoms with van der Waals surface area (Å²) in [5.74, 6) is 0.551. The van der Waals surface area contributed by atoms with Gasteiger partial charge in [-0.05, 0) is 45.1 Å². The Hall–Kier alpha value is -1.51. The van der Waals surface area contributed by atoms with E-state index >= 15 is 0 Å². The van der Waals surface area contributed by atoms with Crippen molar-refractivity contribution in [2.24, 2.45) is 5.92 Å². The van der Waals surface area contributed by atoms with Crippen LogP contribution in [0.2, 0.25) is 0 Å². The number of benzene rings is 1. The average molecular weight is 261 g/mol. The van der Waals surface area contributed by atoms with Gasteiger partial charge in [0.15, 0.2) is 0 Å². The Balaban J connectivity index is 1.85. The fourth-order valence-electron chi connectivity index (χ4n) is 2.44. The van der Waals surface area contributed by atoms with Gasteiger partial charge in [0.1, 0.15) is 5.60 Å². The van der Waals surface area contributed by atoms with E-state index in [2.05, 4.69) is 24.3 Å². The zero-order valence-corrected chi connectivity index (χ0v) is 12.1. The monoisotopic (exact) mass is 261 g/mol. The third-order valence-corrected chi connectivity index (χ3v) is 3.30. The molecule has 0 saturated carbocycles. The van der Waals surface area contributed by atoms with Crippen LogP contribution >= 0.6 is 0 Å². The summed E-state index contributed by atoms with van der Waals surface area (Å²) in [6, 6.07) is 10.5. The normalized spacial score (nSPS) is 19.5. The lowest BCUT2D eigenvalue weighted by molar-refractivity contribution is 0.0288. The van der Waals surface area contributed by atoms with Gasteiger partial charge in [-0.25, -0.2) is 4.79 Å². The van der Waals surface area contributed by atoms with Crippen molar-refractivity contribution < 1.29 is 9.53 Å². The number of nitrogens with zero attached hydrogens (tertiary/aromatic N) is 1. The van der Waals surface area contributed by atoms with Gasteiger partial charge in [-0.15, -0.1) is 0 Å². The Morgan fingerprint density at radius 1 is 1.32 bits per heavy atom. The van der Waals surface area contributed by atoms with Crippen molar-refractivity contribution in [3.8, 4) is 0 Å². The van der Waals surface area contributed by atoms with E-state index in [4.69, 9.17) is 4.74 Å². The number of likely N-dealkylation sites (tertiary alicyclic amines) is 1. The lowest BCUT2D eigenvalue weighted by atomic mass is 9.99. The van der Waals surface area contributed by atoms with Gasteiger partial charge in [0, 0.05) is 13.1 Å². The third-order valence-electron chi connectivity index (χ3n) is 3.30. The molecule has 3 nitrogen and oxygen atoms in total. The summed E-state index contributed by atoms with van der Waals surface area (Å²) in [7, 11) is 0. The summed E-state index contributed by atoms with van der Waals surface area (Å²) < 4.78 is 5.41. The van der Waals surface area contributed by atoms with E-state index in [1.165, 1.54) is 5.56 Å². The molecule has 0 aliphatic carbocycles. The largest absolute Gasteiger partial charge is 0.444 e. The fraction of sp³-hybridized carbons (Fsp3) is 0.562. The number of rotatable bonds is 2. The Bertz CT molecular complexity index is 422. The van der Waals surface area contributed by atoms with Crippen molar-refractivity contribution in [1.29, 1.82) is 0 Å². The third kappa shape index (κ3) is 4.27. The highest BCUT2D eigenvalue weighted by Gasteiger charge is 2.29. The first-order valence-corrected chi connectivity index (χ1v) is 6.96. The minimum Gasteiger partial charge on any atom is -0.444 e. The first-order valence-electron chi connectivity index (χ1n) is 6.96. The molecule has 1 unspecified atom stereocenters. The standard InChI is InChI=1S/C16H23NO2/c1-16(2,3)19-15(18)17-10-9-14(12-17)11-13-7-5-4-6-8-13/h4-8,14H,9-12H2,1-3H3. The minimum absolute atomic E-state index is 0.178. The molecule has 1 atom stereocenters. The molecule has 1 amide bonds. The van der Waals surface area contributed by atoms with Crippen LogP contribution in [-0.2, 0) is 11.2 Å². The summed E-state index contributed by atoms with van der Waals surface area (Å²) in [4.78, 5) is 13.8. The van der Waals surface area contributed by atoms with E-state index < -0.39 is 5.60 Å². The number of carbonyl (C=O) groups is 1.